The van der Waals surface area contributed by atoms with Gasteiger partial charge in [-0.15, -0.1) is 0 Å². The van der Waals surface area contributed by atoms with Crippen molar-refractivity contribution in [1.82, 2.24) is 0 Å². The Balaban J connectivity index is 2.36. The van der Waals surface area contributed by atoms with E-state index in [0.717, 1.165) is 24.2 Å². The van der Waals surface area contributed by atoms with Crippen LogP contribution >= 0.6 is 11.6 Å². The smallest absolute Gasteiger partial charge is 0.124 e. The van der Waals surface area contributed by atoms with Gasteiger partial charge in [-0.25, -0.2) is 0 Å². The maximum Gasteiger partial charge on any atom is 0.124 e. The lowest BCUT2D eigenvalue weighted by molar-refractivity contribution is 0.0916. The normalized spacial score (nSPS) is 13.6. The molecule has 0 heterocycles. The molecule has 2 aromatic rings. The van der Waals surface area contributed by atoms with E-state index in [-0.39, 0.29) is 12.7 Å². The van der Waals surface area contributed by atoms with Gasteiger partial charge in [0.1, 0.15) is 18.0 Å². The SMILES string of the molecule is CCCC(Oc1ccccc1)c1cc(Cl)ccc1C(O)CO. The standard InChI is InChI=1S/C18H21ClO3/c1-2-6-18(22-14-7-4-3-5-8-14)16-11-13(19)9-10-15(16)17(21)12-20/h3-5,7-11,17-18,20-21H,2,6,12H2,1H3. The van der Waals surface area contributed by atoms with E-state index in [4.69, 9.17) is 16.3 Å². The maximum absolute atomic E-state index is 10.0. The van der Waals surface area contributed by atoms with Crippen LogP contribution in [0.25, 0.3) is 0 Å². The second-order valence-corrected chi connectivity index (χ2v) is 5.62. The summed E-state index contributed by atoms with van der Waals surface area (Å²) in [5.74, 6) is 0.769. The van der Waals surface area contributed by atoms with Crippen LogP contribution in [-0.4, -0.2) is 16.8 Å². The summed E-state index contributed by atoms with van der Waals surface area (Å²) in [6.45, 7) is 1.74. The van der Waals surface area contributed by atoms with Crippen LogP contribution in [0.2, 0.25) is 5.02 Å². The fourth-order valence-corrected chi connectivity index (χ4v) is 2.61. The zero-order valence-corrected chi connectivity index (χ0v) is 13.3. The van der Waals surface area contributed by atoms with E-state index in [9.17, 15) is 10.2 Å². The van der Waals surface area contributed by atoms with E-state index in [2.05, 4.69) is 6.92 Å². The van der Waals surface area contributed by atoms with Gasteiger partial charge in [0.05, 0.1) is 6.61 Å². The first kappa shape index (κ1) is 16.8. The van der Waals surface area contributed by atoms with E-state index in [1.807, 2.05) is 30.3 Å². The Morgan fingerprint density at radius 1 is 1.09 bits per heavy atom. The van der Waals surface area contributed by atoms with Crippen molar-refractivity contribution >= 4 is 11.6 Å². The van der Waals surface area contributed by atoms with E-state index in [0.29, 0.717) is 10.6 Å². The van der Waals surface area contributed by atoms with Crippen LogP contribution in [0.5, 0.6) is 5.75 Å². The van der Waals surface area contributed by atoms with Crippen molar-refractivity contribution in [1.29, 1.82) is 0 Å². The van der Waals surface area contributed by atoms with Gasteiger partial charge in [-0.1, -0.05) is 49.2 Å². The summed E-state index contributed by atoms with van der Waals surface area (Å²) < 4.78 is 6.08. The minimum Gasteiger partial charge on any atom is -0.486 e. The van der Waals surface area contributed by atoms with Gasteiger partial charge in [-0.3, -0.25) is 0 Å². The predicted octanol–water partition coefficient (Wildman–Crippen LogP) is 4.29. The van der Waals surface area contributed by atoms with E-state index in [1.54, 1.807) is 18.2 Å². The van der Waals surface area contributed by atoms with Gasteiger partial charge in [0.15, 0.2) is 0 Å². The average molecular weight is 321 g/mol. The van der Waals surface area contributed by atoms with Crippen LogP contribution in [0.15, 0.2) is 48.5 Å². The summed E-state index contributed by atoms with van der Waals surface area (Å²) in [5, 5.41) is 19.9. The molecule has 2 N–H and O–H groups in total. The largest absolute Gasteiger partial charge is 0.486 e. The van der Waals surface area contributed by atoms with Crippen LogP contribution < -0.4 is 4.74 Å². The number of benzene rings is 2. The van der Waals surface area contributed by atoms with Crippen molar-refractivity contribution in [3.63, 3.8) is 0 Å². The molecule has 0 aliphatic heterocycles. The second kappa shape index (κ2) is 8.18. The van der Waals surface area contributed by atoms with Gasteiger partial charge in [-0.2, -0.15) is 0 Å². The molecule has 0 bridgehead atoms. The number of hydrogen-bond acceptors (Lipinski definition) is 3. The third kappa shape index (κ3) is 4.23. The van der Waals surface area contributed by atoms with Gasteiger partial charge in [0.25, 0.3) is 0 Å². The topological polar surface area (TPSA) is 49.7 Å². The zero-order valence-electron chi connectivity index (χ0n) is 12.6. The molecular formula is C18H21ClO3. The monoisotopic (exact) mass is 320 g/mol. The molecule has 118 valence electrons. The van der Waals surface area contributed by atoms with Crippen molar-refractivity contribution in [2.45, 2.75) is 32.0 Å². The molecule has 0 aromatic heterocycles. The Hall–Kier alpha value is -1.55. The van der Waals surface area contributed by atoms with Crippen molar-refractivity contribution in [2.24, 2.45) is 0 Å². The Labute approximate surface area is 136 Å². The second-order valence-electron chi connectivity index (χ2n) is 5.18. The summed E-state index contributed by atoms with van der Waals surface area (Å²) >= 11 is 6.11. The highest BCUT2D eigenvalue weighted by molar-refractivity contribution is 6.30. The van der Waals surface area contributed by atoms with Crippen LogP contribution in [-0.2, 0) is 0 Å². The minimum absolute atomic E-state index is 0.220. The number of aliphatic hydroxyl groups excluding tert-OH is 2. The first-order chi connectivity index (χ1) is 10.7. The highest BCUT2D eigenvalue weighted by Gasteiger charge is 2.21. The molecule has 3 nitrogen and oxygen atoms in total. The Morgan fingerprint density at radius 2 is 1.82 bits per heavy atom. The van der Waals surface area contributed by atoms with Gasteiger partial charge < -0.3 is 14.9 Å². The van der Waals surface area contributed by atoms with Crippen molar-refractivity contribution in [2.75, 3.05) is 6.61 Å². The highest BCUT2D eigenvalue weighted by Crippen LogP contribution is 2.33. The molecule has 0 radical (unpaired) electrons. The lowest BCUT2D eigenvalue weighted by Crippen LogP contribution is -2.14. The summed E-state index contributed by atoms with van der Waals surface area (Å²) in [7, 11) is 0. The fourth-order valence-electron chi connectivity index (χ4n) is 2.43. The first-order valence-electron chi connectivity index (χ1n) is 7.45. The maximum atomic E-state index is 10.0. The molecule has 2 rings (SSSR count). The number of ether oxygens (including phenoxy) is 1. The molecule has 4 heteroatoms. The Bertz CT molecular complexity index is 586. The van der Waals surface area contributed by atoms with Crippen molar-refractivity contribution < 1.29 is 14.9 Å². The van der Waals surface area contributed by atoms with Gasteiger partial charge in [0.2, 0.25) is 0 Å². The third-order valence-electron chi connectivity index (χ3n) is 3.50. The molecule has 0 saturated heterocycles. The van der Waals surface area contributed by atoms with Crippen LogP contribution in [0.1, 0.15) is 43.1 Å². The van der Waals surface area contributed by atoms with Crippen molar-refractivity contribution in [3.05, 3.63) is 64.7 Å². The molecule has 0 saturated carbocycles. The number of halogens is 1. The fraction of sp³-hybridized carbons (Fsp3) is 0.333. The quantitative estimate of drug-likeness (QED) is 0.800. The molecular weight excluding hydrogens is 300 g/mol. The van der Waals surface area contributed by atoms with E-state index in [1.165, 1.54) is 0 Å². The van der Waals surface area contributed by atoms with Crippen molar-refractivity contribution in [3.8, 4) is 5.75 Å². The zero-order chi connectivity index (χ0) is 15.9. The van der Waals surface area contributed by atoms with Crippen LogP contribution in [0, 0.1) is 0 Å². The Kier molecular flexibility index (Phi) is 6.25. The average Bonchev–Trinajstić information content (AvgIpc) is 2.54. The Morgan fingerprint density at radius 3 is 2.45 bits per heavy atom. The molecule has 2 atom stereocenters. The summed E-state index contributed by atoms with van der Waals surface area (Å²) in [6, 6.07) is 14.8. The lowest BCUT2D eigenvalue weighted by atomic mass is 9.96. The third-order valence-corrected chi connectivity index (χ3v) is 3.74. The van der Waals surface area contributed by atoms with Gasteiger partial charge >= 0.3 is 0 Å². The van der Waals surface area contributed by atoms with E-state index < -0.39 is 6.10 Å². The van der Waals surface area contributed by atoms with Crippen LogP contribution in [0.3, 0.4) is 0 Å². The predicted molar refractivity (Wildman–Crippen MR) is 88.2 cm³/mol. The number of hydrogen-bond donors (Lipinski definition) is 2. The molecule has 0 amide bonds. The van der Waals surface area contributed by atoms with Gasteiger partial charge in [0, 0.05) is 5.02 Å². The summed E-state index contributed by atoms with van der Waals surface area (Å²) in [6.07, 6.45) is 0.562. The number of aliphatic hydroxyl groups is 2. The minimum atomic E-state index is -0.939. The van der Waals surface area contributed by atoms with E-state index >= 15 is 0 Å². The molecule has 0 aliphatic carbocycles. The molecule has 0 aliphatic rings. The van der Waals surface area contributed by atoms with Gasteiger partial charge in [-0.05, 0) is 41.8 Å². The highest BCUT2D eigenvalue weighted by atomic mass is 35.5. The number of rotatable bonds is 7. The first-order valence-corrected chi connectivity index (χ1v) is 7.83. The lowest BCUT2D eigenvalue weighted by Gasteiger charge is -2.23. The number of para-hydroxylation sites is 1. The molecule has 0 fully saturated rings. The summed E-state index contributed by atoms with van der Waals surface area (Å²) in [5.41, 5.74) is 1.47. The molecule has 22 heavy (non-hydrogen) atoms. The molecule has 2 aromatic carbocycles. The molecule has 2 unspecified atom stereocenters. The summed E-state index contributed by atoms with van der Waals surface area (Å²) in [4.78, 5) is 0. The van der Waals surface area contributed by atoms with Crippen LogP contribution in [0.4, 0.5) is 0 Å². The molecule has 0 spiro atoms.